The highest BCUT2D eigenvalue weighted by atomic mass is 127. The molecule has 194 valence electrons. The van der Waals surface area contributed by atoms with Crippen molar-refractivity contribution >= 4 is 30.9 Å². The van der Waals surface area contributed by atoms with Gasteiger partial charge in [-0.25, -0.2) is 0 Å². The lowest BCUT2D eigenvalue weighted by atomic mass is 9.74. The summed E-state index contributed by atoms with van der Waals surface area (Å²) in [4.78, 5) is 5.02. The molecule has 1 aliphatic carbocycles. The van der Waals surface area contributed by atoms with Crippen LogP contribution >= 0.6 is 22.6 Å². The van der Waals surface area contributed by atoms with Gasteiger partial charge in [0.25, 0.3) is 0 Å². The number of rotatable bonds is 5. The molecule has 8 heteroatoms. The Morgan fingerprint density at radius 3 is 2.23 bits per heavy atom. The lowest BCUT2D eigenvalue weighted by molar-refractivity contribution is -0.137. The first-order valence-corrected chi connectivity index (χ1v) is 16.1. The Hall–Kier alpha value is -0.973. The number of halogens is 4. The Bertz CT molecular complexity index is 1080. The Morgan fingerprint density at radius 1 is 1.17 bits per heavy atom. The topological polar surface area (TPSA) is 42.4 Å². The molecule has 1 N–H and O–H groups in total. The van der Waals surface area contributed by atoms with E-state index in [1.807, 2.05) is 6.92 Å². The minimum Gasteiger partial charge on any atom is -0.410 e. The van der Waals surface area contributed by atoms with Gasteiger partial charge in [0.05, 0.1) is 11.7 Å². The number of pyridine rings is 1. The summed E-state index contributed by atoms with van der Waals surface area (Å²) in [6.07, 6.45) is -3.34. The highest BCUT2D eigenvalue weighted by Crippen LogP contribution is 2.49. The second-order valence-corrected chi connectivity index (χ2v) is 17.8. The van der Waals surface area contributed by atoms with Gasteiger partial charge in [-0.15, -0.1) is 0 Å². The molecule has 2 atom stereocenters. The zero-order valence-corrected chi connectivity index (χ0v) is 25.1. The third-order valence-corrected chi connectivity index (χ3v) is 13.1. The third kappa shape index (κ3) is 5.96. The molecule has 0 radical (unpaired) electrons. The van der Waals surface area contributed by atoms with Crippen LogP contribution in [-0.4, -0.2) is 18.4 Å². The molecule has 1 aliphatic rings. The monoisotopic (exact) mass is 619 g/mol. The molecule has 3 rings (SSSR count). The van der Waals surface area contributed by atoms with Crippen molar-refractivity contribution in [3.63, 3.8) is 0 Å². The maximum Gasteiger partial charge on any atom is 0.416 e. The van der Waals surface area contributed by atoms with E-state index in [1.165, 1.54) is 12.1 Å². The molecule has 0 aliphatic heterocycles. The SMILES string of the molecule is CCc1nc2c(c(I)c1[C@@H](O)c1ccc(C(F)(F)F)cc1)[C@@H](O[Si](C)(C)C(C)(C)C)CC(C)(C)C2. The van der Waals surface area contributed by atoms with Crippen molar-refractivity contribution in [3.05, 3.63) is 61.5 Å². The Balaban J connectivity index is 2.13. The van der Waals surface area contributed by atoms with Crippen molar-refractivity contribution in [2.24, 2.45) is 5.41 Å². The van der Waals surface area contributed by atoms with Crippen molar-refractivity contribution < 1.29 is 22.7 Å². The molecular weight excluding hydrogens is 582 g/mol. The van der Waals surface area contributed by atoms with Crippen molar-refractivity contribution in [2.45, 2.75) is 97.3 Å². The van der Waals surface area contributed by atoms with Crippen LogP contribution in [0, 0.1) is 8.99 Å². The maximum absolute atomic E-state index is 13.1. The predicted molar refractivity (Wildman–Crippen MR) is 145 cm³/mol. The number of aromatic nitrogens is 1. The molecule has 0 saturated carbocycles. The molecule has 0 unspecified atom stereocenters. The number of nitrogens with zero attached hydrogens (tertiary/aromatic N) is 1. The summed E-state index contributed by atoms with van der Waals surface area (Å²) in [7, 11) is -2.10. The summed E-state index contributed by atoms with van der Waals surface area (Å²) in [6.45, 7) is 17.6. The molecule has 3 nitrogen and oxygen atoms in total. The molecule has 0 amide bonds. The summed E-state index contributed by atoms with van der Waals surface area (Å²) >= 11 is 2.29. The maximum atomic E-state index is 13.1. The minimum absolute atomic E-state index is 0.0225. The van der Waals surface area contributed by atoms with Crippen LogP contribution in [0.25, 0.3) is 0 Å². The first-order valence-electron chi connectivity index (χ1n) is 12.1. The zero-order valence-electron chi connectivity index (χ0n) is 21.9. The number of alkyl halides is 3. The second-order valence-electron chi connectivity index (χ2n) is 11.9. The third-order valence-electron chi connectivity index (χ3n) is 7.48. The minimum atomic E-state index is -4.42. The Kier molecular flexibility index (Phi) is 7.94. The van der Waals surface area contributed by atoms with Gasteiger partial charge in [-0.1, -0.05) is 53.7 Å². The smallest absolute Gasteiger partial charge is 0.410 e. The van der Waals surface area contributed by atoms with Gasteiger partial charge in [-0.2, -0.15) is 13.2 Å². The number of hydrogen-bond donors (Lipinski definition) is 1. The fourth-order valence-electron chi connectivity index (χ4n) is 4.47. The first kappa shape index (κ1) is 28.6. The summed E-state index contributed by atoms with van der Waals surface area (Å²) in [6, 6.07) is 4.76. The molecule has 0 spiro atoms. The second kappa shape index (κ2) is 9.72. The summed E-state index contributed by atoms with van der Waals surface area (Å²) in [5, 5.41) is 11.4. The van der Waals surface area contributed by atoms with E-state index in [0.717, 1.165) is 45.5 Å². The summed E-state index contributed by atoms with van der Waals surface area (Å²) < 4.78 is 47.0. The van der Waals surface area contributed by atoms with Gasteiger partial charge in [0.1, 0.15) is 6.10 Å². The predicted octanol–water partition coefficient (Wildman–Crippen LogP) is 8.38. The summed E-state index contributed by atoms with van der Waals surface area (Å²) in [5.74, 6) is 0. The number of hydrogen-bond acceptors (Lipinski definition) is 3. The van der Waals surface area contributed by atoms with Crippen LogP contribution in [0.2, 0.25) is 18.1 Å². The average Bonchev–Trinajstić information content (AvgIpc) is 2.70. The highest BCUT2D eigenvalue weighted by Gasteiger charge is 2.44. The quantitative estimate of drug-likeness (QED) is 0.270. The van der Waals surface area contributed by atoms with Crippen LogP contribution in [-0.2, 0) is 23.4 Å². The van der Waals surface area contributed by atoms with Crippen LogP contribution in [0.3, 0.4) is 0 Å². The molecule has 1 aromatic carbocycles. The van der Waals surface area contributed by atoms with Gasteiger partial charge in [-0.3, -0.25) is 4.98 Å². The number of fused-ring (bicyclic) bond motifs is 1. The largest absolute Gasteiger partial charge is 0.416 e. The molecule has 0 fully saturated rings. The lowest BCUT2D eigenvalue weighted by Crippen LogP contribution is -2.44. The molecule has 1 aromatic heterocycles. The number of aliphatic hydroxyl groups is 1. The summed E-state index contributed by atoms with van der Waals surface area (Å²) in [5.41, 5.74) is 3.22. The van der Waals surface area contributed by atoms with Gasteiger partial charge >= 0.3 is 6.18 Å². The van der Waals surface area contributed by atoms with E-state index >= 15 is 0 Å². The van der Waals surface area contributed by atoms with E-state index in [1.54, 1.807) is 0 Å². The highest BCUT2D eigenvalue weighted by molar-refractivity contribution is 14.1. The van der Waals surface area contributed by atoms with Gasteiger partial charge in [-0.05, 0) is 83.1 Å². The van der Waals surface area contributed by atoms with Gasteiger partial charge in [0, 0.05) is 26.1 Å². The van der Waals surface area contributed by atoms with Crippen molar-refractivity contribution in [1.29, 1.82) is 0 Å². The Labute approximate surface area is 222 Å². The van der Waals surface area contributed by atoms with E-state index in [4.69, 9.17) is 9.41 Å². The lowest BCUT2D eigenvalue weighted by Gasteiger charge is -2.44. The average molecular weight is 620 g/mol. The fourth-order valence-corrected chi connectivity index (χ4v) is 7.01. The molecule has 0 saturated heterocycles. The van der Waals surface area contributed by atoms with E-state index in [0.29, 0.717) is 17.5 Å². The molecule has 0 bridgehead atoms. The number of benzene rings is 1. The molecule has 1 heterocycles. The fraction of sp³-hybridized carbons (Fsp3) is 0.593. The van der Waals surface area contributed by atoms with E-state index < -0.39 is 26.2 Å². The van der Waals surface area contributed by atoms with Crippen LogP contribution in [0.4, 0.5) is 13.2 Å². The van der Waals surface area contributed by atoms with Gasteiger partial charge in [0.2, 0.25) is 0 Å². The van der Waals surface area contributed by atoms with Crippen LogP contribution < -0.4 is 0 Å². The van der Waals surface area contributed by atoms with Crippen molar-refractivity contribution in [3.8, 4) is 0 Å². The Morgan fingerprint density at radius 2 is 1.74 bits per heavy atom. The van der Waals surface area contributed by atoms with Gasteiger partial charge in [0.15, 0.2) is 8.32 Å². The van der Waals surface area contributed by atoms with Crippen LogP contribution in [0.1, 0.15) is 93.8 Å². The first-order chi connectivity index (χ1) is 15.9. The standard InChI is InChI=1S/C27H37F3INO2Si/c1-9-18-22(24(33)16-10-12-17(13-11-16)27(28,29)30)23(31)21-19(32-18)14-26(5,6)15-20(21)34-35(7,8)25(2,3)4/h10-13,20,24,33H,9,14-15H2,1-8H3/t20-,24-/m0/s1. The molecular formula is C27H37F3INO2Si. The van der Waals surface area contributed by atoms with E-state index in [9.17, 15) is 18.3 Å². The van der Waals surface area contributed by atoms with Crippen molar-refractivity contribution in [1.82, 2.24) is 4.98 Å². The van der Waals surface area contributed by atoms with Crippen molar-refractivity contribution in [2.75, 3.05) is 0 Å². The molecule has 2 aromatic rings. The van der Waals surface area contributed by atoms with E-state index in [-0.39, 0.29) is 16.6 Å². The van der Waals surface area contributed by atoms with Crippen LogP contribution in [0.15, 0.2) is 24.3 Å². The zero-order chi connectivity index (χ0) is 26.6. The van der Waals surface area contributed by atoms with E-state index in [2.05, 4.69) is 70.3 Å². The number of aryl methyl sites for hydroxylation is 1. The number of aliphatic hydroxyl groups excluding tert-OH is 1. The molecule has 35 heavy (non-hydrogen) atoms. The van der Waals surface area contributed by atoms with Gasteiger partial charge < -0.3 is 9.53 Å². The normalized spacial score (nSPS) is 19.4. The van der Waals surface area contributed by atoms with Crippen LogP contribution in [0.5, 0.6) is 0 Å².